The second-order valence-corrected chi connectivity index (χ2v) is 8.41. The van der Waals surface area contributed by atoms with Crippen LogP contribution in [0.2, 0.25) is 0 Å². The van der Waals surface area contributed by atoms with Gasteiger partial charge in [-0.1, -0.05) is 12.1 Å². The van der Waals surface area contributed by atoms with E-state index in [0.717, 1.165) is 35.4 Å². The summed E-state index contributed by atoms with van der Waals surface area (Å²) < 4.78 is 10.5. The summed E-state index contributed by atoms with van der Waals surface area (Å²) >= 11 is 1.70. The maximum atomic E-state index is 12.8. The maximum Gasteiger partial charge on any atom is 0.336 e. The number of benzene rings is 1. The van der Waals surface area contributed by atoms with Gasteiger partial charge < -0.3 is 19.8 Å². The molecule has 7 heteroatoms. The van der Waals surface area contributed by atoms with E-state index < -0.39 is 5.97 Å². The van der Waals surface area contributed by atoms with Gasteiger partial charge in [0.25, 0.3) is 5.91 Å². The summed E-state index contributed by atoms with van der Waals surface area (Å²) in [6.45, 7) is 0. The third-order valence-corrected chi connectivity index (χ3v) is 6.53. The van der Waals surface area contributed by atoms with Gasteiger partial charge >= 0.3 is 5.97 Å². The maximum absolute atomic E-state index is 12.8. The molecular weight excluding hydrogens is 400 g/mol. The van der Waals surface area contributed by atoms with Crippen molar-refractivity contribution in [1.29, 1.82) is 0 Å². The van der Waals surface area contributed by atoms with Crippen LogP contribution in [0.15, 0.2) is 53.2 Å². The Kier molecular flexibility index (Phi) is 4.88. The molecule has 1 aliphatic heterocycles. The number of nitrogens with one attached hydrogen (secondary N) is 2. The van der Waals surface area contributed by atoms with Crippen molar-refractivity contribution in [3.05, 3.63) is 76.1 Å². The molecule has 0 fully saturated rings. The van der Waals surface area contributed by atoms with Crippen molar-refractivity contribution in [2.75, 3.05) is 5.32 Å². The number of rotatable bonds is 4. The van der Waals surface area contributed by atoms with Gasteiger partial charge in [-0.15, -0.1) is 11.3 Å². The number of carbonyl (C=O) groups is 2. The van der Waals surface area contributed by atoms with Crippen molar-refractivity contribution in [2.45, 2.75) is 31.8 Å². The zero-order valence-electron chi connectivity index (χ0n) is 16.1. The fraction of sp³-hybridized carbons (Fsp3) is 0.217. The van der Waals surface area contributed by atoms with Crippen LogP contribution in [0.1, 0.15) is 51.1 Å². The predicted octanol–water partition coefficient (Wildman–Crippen LogP) is 4.69. The highest BCUT2D eigenvalue weighted by molar-refractivity contribution is 7.16. The molecule has 2 aromatic heterocycles. The third-order valence-electron chi connectivity index (χ3n) is 5.31. The Labute approximate surface area is 177 Å². The van der Waals surface area contributed by atoms with Gasteiger partial charge in [-0.2, -0.15) is 0 Å². The van der Waals surface area contributed by atoms with Crippen LogP contribution in [-0.2, 0) is 17.6 Å². The minimum atomic E-state index is -0.489. The van der Waals surface area contributed by atoms with Gasteiger partial charge in [-0.3, -0.25) is 4.79 Å². The predicted molar refractivity (Wildman–Crippen MR) is 115 cm³/mol. The number of fused-ring (bicyclic) bond motifs is 3. The van der Waals surface area contributed by atoms with E-state index in [1.807, 2.05) is 12.1 Å². The molecule has 6 nitrogen and oxygen atoms in total. The van der Waals surface area contributed by atoms with Gasteiger partial charge in [0.05, 0.1) is 11.8 Å². The monoisotopic (exact) mass is 420 g/mol. The molecule has 1 amide bonds. The van der Waals surface area contributed by atoms with E-state index in [0.29, 0.717) is 11.5 Å². The summed E-state index contributed by atoms with van der Waals surface area (Å²) in [4.78, 5) is 26.0. The number of anilines is 1. The van der Waals surface area contributed by atoms with Crippen molar-refractivity contribution >= 4 is 34.3 Å². The van der Waals surface area contributed by atoms with Gasteiger partial charge in [0.2, 0.25) is 0 Å². The highest BCUT2D eigenvalue weighted by Gasteiger charge is 2.31. The van der Waals surface area contributed by atoms with Gasteiger partial charge in [0.15, 0.2) is 0 Å². The number of ether oxygens (including phenoxy) is 1. The van der Waals surface area contributed by atoms with E-state index >= 15 is 0 Å². The van der Waals surface area contributed by atoms with E-state index in [2.05, 4.69) is 10.6 Å². The molecule has 2 N–H and O–H groups in total. The van der Waals surface area contributed by atoms with Crippen LogP contribution in [0.25, 0.3) is 6.08 Å². The smallest absolute Gasteiger partial charge is 0.336 e. The number of amides is 1. The van der Waals surface area contributed by atoms with Crippen molar-refractivity contribution in [1.82, 2.24) is 5.32 Å². The normalized spacial score (nSPS) is 17.7. The number of esters is 1. The highest BCUT2D eigenvalue weighted by Crippen LogP contribution is 2.41. The molecule has 3 aromatic rings. The first kappa shape index (κ1) is 18.7. The lowest BCUT2D eigenvalue weighted by Gasteiger charge is -2.26. The molecule has 0 unspecified atom stereocenters. The molecule has 0 saturated carbocycles. The zero-order chi connectivity index (χ0) is 20.5. The summed E-state index contributed by atoms with van der Waals surface area (Å²) in [6, 6.07) is 10.6. The Balaban J connectivity index is 1.27. The summed E-state index contributed by atoms with van der Waals surface area (Å²) in [6.07, 6.45) is 8.46. The summed E-state index contributed by atoms with van der Waals surface area (Å²) in [5, 5.41) is 7.46. The zero-order valence-corrected chi connectivity index (χ0v) is 17.0. The van der Waals surface area contributed by atoms with Crippen LogP contribution < -0.4 is 15.4 Å². The molecule has 30 heavy (non-hydrogen) atoms. The van der Waals surface area contributed by atoms with E-state index in [1.165, 1.54) is 29.2 Å². The minimum absolute atomic E-state index is 0.0216. The molecule has 5 rings (SSSR count). The average Bonchev–Trinajstić information content (AvgIpc) is 3.40. The average molecular weight is 420 g/mol. The number of thiophene rings is 1. The van der Waals surface area contributed by atoms with Crippen molar-refractivity contribution in [3.8, 4) is 5.75 Å². The Bertz CT molecular complexity index is 1110. The van der Waals surface area contributed by atoms with Crippen molar-refractivity contribution in [2.24, 2.45) is 0 Å². The molecule has 0 radical (unpaired) electrons. The number of furan rings is 1. The number of aryl methyl sites for hydroxylation is 1. The quantitative estimate of drug-likeness (QED) is 0.364. The van der Waals surface area contributed by atoms with Crippen LogP contribution in [-0.4, -0.2) is 11.9 Å². The first-order valence-corrected chi connectivity index (χ1v) is 10.7. The second kappa shape index (κ2) is 7.84. The molecular formula is C23H20N2O4S. The van der Waals surface area contributed by atoms with E-state index in [-0.39, 0.29) is 12.1 Å². The molecule has 1 aliphatic carbocycles. The molecule has 3 heterocycles. The molecule has 152 valence electrons. The van der Waals surface area contributed by atoms with Crippen LogP contribution in [0.5, 0.6) is 5.75 Å². The van der Waals surface area contributed by atoms with E-state index in [4.69, 9.17) is 9.15 Å². The van der Waals surface area contributed by atoms with Crippen molar-refractivity contribution in [3.63, 3.8) is 0 Å². The largest absolute Gasteiger partial charge is 0.465 e. The van der Waals surface area contributed by atoms with Gasteiger partial charge in [0, 0.05) is 11.0 Å². The van der Waals surface area contributed by atoms with Gasteiger partial charge in [0.1, 0.15) is 22.7 Å². The molecule has 0 saturated heterocycles. The first-order chi connectivity index (χ1) is 14.7. The van der Waals surface area contributed by atoms with E-state index in [1.54, 1.807) is 41.7 Å². The highest BCUT2D eigenvalue weighted by atomic mass is 32.1. The second-order valence-electron chi connectivity index (χ2n) is 7.30. The van der Waals surface area contributed by atoms with Crippen LogP contribution >= 0.6 is 11.3 Å². The summed E-state index contributed by atoms with van der Waals surface area (Å²) in [5.41, 5.74) is 2.93. The number of carbonyl (C=O) groups excluding carboxylic acids is 2. The molecule has 0 spiro atoms. The van der Waals surface area contributed by atoms with Crippen molar-refractivity contribution < 1.29 is 18.7 Å². The Morgan fingerprint density at radius 2 is 1.97 bits per heavy atom. The SMILES string of the molecule is O=C(/C=C\c1ccco1)Oc1ccc([C@H]2NC(=O)c3c(sc4c3CCCC4)N2)cc1. The lowest BCUT2D eigenvalue weighted by molar-refractivity contribution is -0.128. The van der Waals surface area contributed by atoms with Gasteiger partial charge in [-0.05, 0) is 67.2 Å². The lowest BCUT2D eigenvalue weighted by atomic mass is 9.94. The summed E-state index contributed by atoms with van der Waals surface area (Å²) in [5.74, 6) is 0.502. The molecule has 2 aliphatic rings. The Hall–Kier alpha value is -3.32. The number of hydrogen-bond donors (Lipinski definition) is 2. The van der Waals surface area contributed by atoms with Crippen LogP contribution in [0, 0.1) is 0 Å². The Morgan fingerprint density at radius 3 is 2.77 bits per heavy atom. The minimum Gasteiger partial charge on any atom is -0.465 e. The first-order valence-electron chi connectivity index (χ1n) is 9.93. The third kappa shape index (κ3) is 3.64. The van der Waals surface area contributed by atoms with Gasteiger partial charge in [-0.25, -0.2) is 4.79 Å². The lowest BCUT2D eigenvalue weighted by Crippen LogP contribution is -2.38. The number of hydrogen-bond acceptors (Lipinski definition) is 6. The standard InChI is InChI=1S/C23H20N2O4S/c26-19(12-11-15-4-3-13-28-15)29-16-9-7-14(8-10-16)21-24-22(27)20-17-5-1-2-6-18(17)30-23(20)25-21/h3-4,7-13,21,25H,1-2,5-6H2,(H,24,27)/b12-11-/t21-/m0/s1. The fourth-order valence-corrected chi connectivity index (χ4v) is 5.17. The molecule has 0 bridgehead atoms. The van der Waals surface area contributed by atoms with Crippen LogP contribution in [0.3, 0.4) is 0 Å². The molecule has 1 atom stereocenters. The van der Waals surface area contributed by atoms with Crippen LogP contribution in [0.4, 0.5) is 5.00 Å². The Morgan fingerprint density at radius 1 is 1.13 bits per heavy atom. The van der Waals surface area contributed by atoms with E-state index in [9.17, 15) is 9.59 Å². The summed E-state index contributed by atoms with van der Waals surface area (Å²) in [7, 11) is 0. The topological polar surface area (TPSA) is 80.6 Å². The molecule has 1 aromatic carbocycles. The fourth-order valence-electron chi connectivity index (χ4n) is 3.86.